The third-order valence-electron chi connectivity index (χ3n) is 4.37. The molecule has 112 valence electrons. The summed E-state index contributed by atoms with van der Waals surface area (Å²) in [5.74, 6) is -0.00480. The van der Waals surface area contributed by atoms with Crippen LogP contribution in [0, 0.1) is 5.92 Å². The molecule has 5 nitrogen and oxygen atoms in total. The molecule has 2 bridgehead atoms. The maximum Gasteiger partial charge on any atom is 0.251 e. The third-order valence-corrected chi connectivity index (χ3v) is 4.37. The Morgan fingerprint density at radius 1 is 1.33 bits per heavy atom. The van der Waals surface area contributed by atoms with Crippen molar-refractivity contribution in [1.82, 2.24) is 10.6 Å². The fourth-order valence-corrected chi connectivity index (χ4v) is 3.35. The number of nitrogens with one attached hydrogen (secondary N) is 3. The van der Waals surface area contributed by atoms with Gasteiger partial charge in [0, 0.05) is 29.9 Å². The van der Waals surface area contributed by atoms with E-state index >= 15 is 0 Å². The van der Waals surface area contributed by atoms with Gasteiger partial charge in [0.05, 0.1) is 5.92 Å². The highest BCUT2D eigenvalue weighted by Gasteiger charge is 2.42. The van der Waals surface area contributed by atoms with Crippen molar-refractivity contribution in [3.05, 3.63) is 29.8 Å². The molecule has 3 unspecified atom stereocenters. The minimum absolute atomic E-state index is 0.0527. The summed E-state index contributed by atoms with van der Waals surface area (Å²) in [4.78, 5) is 24.2. The van der Waals surface area contributed by atoms with Gasteiger partial charge >= 0.3 is 0 Å². The molecular formula is C16H21N3O2. The molecule has 3 N–H and O–H groups in total. The second-order valence-electron chi connectivity index (χ2n) is 5.82. The molecular weight excluding hydrogens is 266 g/mol. The molecule has 1 aromatic rings. The van der Waals surface area contributed by atoms with Crippen LogP contribution in [0.2, 0.25) is 0 Å². The molecule has 1 aromatic carbocycles. The van der Waals surface area contributed by atoms with E-state index in [0.29, 0.717) is 29.9 Å². The first-order valence-electron chi connectivity index (χ1n) is 7.62. The summed E-state index contributed by atoms with van der Waals surface area (Å²) >= 11 is 0. The Labute approximate surface area is 124 Å². The number of carbonyl (C=O) groups excluding carboxylic acids is 2. The molecule has 0 aromatic heterocycles. The van der Waals surface area contributed by atoms with Crippen LogP contribution in [0.5, 0.6) is 0 Å². The van der Waals surface area contributed by atoms with E-state index < -0.39 is 0 Å². The van der Waals surface area contributed by atoms with E-state index in [0.717, 1.165) is 12.8 Å². The number of anilines is 1. The Bertz CT molecular complexity index is 558. The summed E-state index contributed by atoms with van der Waals surface area (Å²) in [6, 6.07) is 7.91. The lowest BCUT2D eigenvalue weighted by Crippen LogP contribution is -2.32. The van der Waals surface area contributed by atoms with Gasteiger partial charge in [0.1, 0.15) is 0 Å². The van der Waals surface area contributed by atoms with Crippen LogP contribution in [0.25, 0.3) is 0 Å². The van der Waals surface area contributed by atoms with E-state index in [4.69, 9.17) is 0 Å². The lowest BCUT2D eigenvalue weighted by atomic mass is 9.88. The molecule has 2 aliphatic heterocycles. The molecule has 0 radical (unpaired) electrons. The van der Waals surface area contributed by atoms with E-state index in [1.807, 2.05) is 13.0 Å². The minimum Gasteiger partial charge on any atom is -0.352 e. The van der Waals surface area contributed by atoms with Crippen molar-refractivity contribution in [1.29, 1.82) is 0 Å². The van der Waals surface area contributed by atoms with Gasteiger partial charge in [-0.25, -0.2) is 0 Å². The number of amides is 2. The predicted molar refractivity (Wildman–Crippen MR) is 81.1 cm³/mol. The van der Waals surface area contributed by atoms with Gasteiger partial charge in [0.25, 0.3) is 5.91 Å². The van der Waals surface area contributed by atoms with Gasteiger partial charge < -0.3 is 16.0 Å². The molecule has 2 heterocycles. The highest BCUT2D eigenvalue weighted by atomic mass is 16.2. The summed E-state index contributed by atoms with van der Waals surface area (Å²) in [5, 5.41) is 9.17. The van der Waals surface area contributed by atoms with Crippen molar-refractivity contribution in [2.75, 3.05) is 11.9 Å². The van der Waals surface area contributed by atoms with Gasteiger partial charge in [-0.3, -0.25) is 9.59 Å². The van der Waals surface area contributed by atoms with Crippen molar-refractivity contribution in [2.45, 2.75) is 38.3 Å². The number of rotatable bonds is 4. The highest BCUT2D eigenvalue weighted by molar-refractivity contribution is 5.98. The summed E-state index contributed by atoms with van der Waals surface area (Å²) in [6.45, 7) is 2.47. The summed E-state index contributed by atoms with van der Waals surface area (Å²) in [6.07, 6.45) is 3.19. The van der Waals surface area contributed by atoms with E-state index in [1.165, 1.54) is 6.42 Å². The number of hydrogen-bond acceptors (Lipinski definition) is 3. The number of carbonyl (C=O) groups is 2. The van der Waals surface area contributed by atoms with Crippen LogP contribution in [-0.4, -0.2) is 30.4 Å². The molecule has 5 heteroatoms. The normalized spacial score (nSPS) is 26.6. The molecule has 0 aliphatic carbocycles. The average molecular weight is 287 g/mol. The Hall–Kier alpha value is -1.88. The van der Waals surface area contributed by atoms with Crippen molar-refractivity contribution in [3.8, 4) is 0 Å². The Kier molecular flexibility index (Phi) is 3.92. The predicted octanol–water partition coefficient (Wildman–Crippen LogP) is 1.52. The topological polar surface area (TPSA) is 70.2 Å². The fourth-order valence-electron chi connectivity index (χ4n) is 3.35. The lowest BCUT2D eigenvalue weighted by Gasteiger charge is -2.19. The molecule has 3 atom stereocenters. The highest BCUT2D eigenvalue weighted by Crippen LogP contribution is 2.33. The van der Waals surface area contributed by atoms with Gasteiger partial charge in [0.15, 0.2) is 0 Å². The molecule has 2 saturated heterocycles. The maximum atomic E-state index is 12.4. The first kappa shape index (κ1) is 14.1. The largest absolute Gasteiger partial charge is 0.352 e. The fraction of sp³-hybridized carbons (Fsp3) is 0.500. The number of fused-ring (bicyclic) bond motifs is 2. The Morgan fingerprint density at radius 2 is 2.19 bits per heavy atom. The minimum atomic E-state index is -0.116. The molecule has 0 saturated carbocycles. The average Bonchev–Trinajstić information content (AvgIpc) is 3.10. The standard InChI is InChI=1S/C16H21N3O2/c1-2-17-15(20)10-4-3-5-11(8-10)19-16(21)13-9-12-6-7-14(13)18-12/h3-5,8,12-14,18H,2,6-7,9H2,1H3,(H,17,20)(H,19,21). The molecule has 2 aliphatic rings. The second-order valence-corrected chi connectivity index (χ2v) is 5.82. The summed E-state index contributed by atoms with van der Waals surface area (Å²) in [7, 11) is 0. The molecule has 3 rings (SSSR count). The Morgan fingerprint density at radius 3 is 2.86 bits per heavy atom. The van der Waals surface area contributed by atoms with Gasteiger partial charge in [-0.2, -0.15) is 0 Å². The van der Waals surface area contributed by atoms with Crippen LogP contribution in [0.4, 0.5) is 5.69 Å². The van der Waals surface area contributed by atoms with E-state index in [2.05, 4.69) is 16.0 Å². The van der Waals surface area contributed by atoms with E-state index in [9.17, 15) is 9.59 Å². The van der Waals surface area contributed by atoms with Crippen LogP contribution in [-0.2, 0) is 4.79 Å². The number of hydrogen-bond donors (Lipinski definition) is 3. The first-order valence-corrected chi connectivity index (χ1v) is 7.62. The monoisotopic (exact) mass is 287 g/mol. The van der Waals surface area contributed by atoms with Crippen molar-refractivity contribution < 1.29 is 9.59 Å². The summed E-state index contributed by atoms with van der Waals surface area (Å²) in [5.41, 5.74) is 1.26. The van der Waals surface area contributed by atoms with E-state index in [-0.39, 0.29) is 17.7 Å². The second kappa shape index (κ2) is 5.85. The Balaban J connectivity index is 1.66. The molecule has 0 spiro atoms. The van der Waals surface area contributed by atoms with Crippen molar-refractivity contribution in [2.24, 2.45) is 5.92 Å². The zero-order valence-electron chi connectivity index (χ0n) is 12.2. The maximum absolute atomic E-state index is 12.4. The van der Waals surface area contributed by atoms with Crippen LogP contribution >= 0.6 is 0 Å². The van der Waals surface area contributed by atoms with Crippen molar-refractivity contribution in [3.63, 3.8) is 0 Å². The lowest BCUT2D eigenvalue weighted by molar-refractivity contribution is -0.120. The smallest absolute Gasteiger partial charge is 0.251 e. The van der Waals surface area contributed by atoms with Gasteiger partial charge in [-0.1, -0.05) is 6.07 Å². The van der Waals surface area contributed by atoms with Gasteiger partial charge in [-0.05, 0) is 44.4 Å². The van der Waals surface area contributed by atoms with Crippen LogP contribution in [0.15, 0.2) is 24.3 Å². The van der Waals surface area contributed by atoms with E-state index in [1.54, 1.807) is 18.2 Å². The molecule has 2 amide bonds. The zero-order valence-corrected chi connectivity index (χ0v) is 12.2. The summed E-state index contributed by atoms with van der Waals surface area (Å²) < 4.78 is 0. The quantitative estimate of drug-likeness (QED) is 0.786. The third kappa shape index (κ3) is 2.93. The first-order chi connectivity index (χ1) is 10.2. The van der Waals surface area contributed by atoms with Crippen LogP contribution < -0.4 is 16.0 Å². The zero-order chi connectivity index (χ0) is 14.8. The molecule has 21 heavy (non-hydrogen) atoms. The van der Waals surface area contributed by atoms with Crippen LogP contribution in [0.1, 0.15) is 36.5 Å². The van der Waals surface area contributed by atoms with Gasteiger partial charge in [-0.15, -0.1) is 0 Å². The SMILES string of the molecule is CCNC(=O)c1cccc(NC(=O)C2CC3CCC2N3)c1. The number of benzene rings is 1. The molecule has 2 fully saturated rings. The van der Waals surface area contributed by atoms with Crippen molar-refractivity contribution >= 4 is 17.5 Å². The van der Waals surface area contributed by atoms with Gasteiger partial charge in [0.2, 0.25) is 5.91 Å². The van der Waals surface area contributed by atoms with Crippen LogP contribution in [0.3, 0.4) is 0 Å².